The Morgan fingerprint density at radius 2 is 1.06 bits per heavy atom. The summed E-state index contributed by atoms with van der Waals surface area (Å²) in [5.41, 5.74) is 16.3. The van der Waals surface area contributed by atoms with Crippen molar-refractivity contribution in [3.63, 3.8) is 0 Å². The molecule has 3 aliphatic heterocycles. The van der Waals surface area contributed by atoms with Gasteiger partial charge in [-0.1, -0.05) is 120 Å². The lowest BCUT2D eigenvalue weighted by molar-refractivity contribution is 0.418. The molecule has 6 aromatic carbocycles. The molecule has 0 spiro atoms. The Morgan fingerprint density at radius 3 is 1.71 bits per heavy atom. The molecule has 0 saturated heterocycles. The highest BCUT2D eigenvalue weighted by Crippen LogP contribution is 2.68. The zero-order valence-corrected chi connectivity index (χ0v) is 29.6. The van der Waals surface area contributed by atoms with Gasteiger partial charge >= 0.3 is 0 Å². The molecule has 0 N–H and O–H groups in total. The van der Waals surface area contributed by atoms with E-state index in [1.165, 1.54) is 33.4 Å². The minimum Gasteiger partial charge on any atom is -0.453 e. The molecular formula is C48H35NO3. The molecule has 0 amide bonds. The topological polar surface area (TPSA) is 30.9 Å². The van der Waals surface area contributed by atoms with Crippen LogP contribution in [-0.4, -0.2) is 0 Å². The van der Waals surface area contributed by atoms with Crippen molar-refractivity contribution in [1.29, 1.82) is 0 Å². The molecule has 0 aromatic heterocycles. The van der Waals surface area contributed by atoms with Crippen LogP contribution in [0, 0.1) is 0 Å². The summed E-state index contributed by atoms with van der Waals surface area (Å²) < 4.78 is 20.4. The molecular weight excluding hydrogens is 639 g/mol. The maximum absolute atomic E-state index is 7.00. The number of benzene rings is 6. The number of ether oxygens (including phenoxy) is 3. The number of rotatable bonds is 3. The van der Waals surface area contributed by atoms with E-state index < -0.39 is 0 Å². The van der Waals surface area contributed by atoms with Crippen molar-refractivity contribution in [2.45, 2.75) is 38.5 Å². The molecule has 4 heteroatoms. The Bertz CT molecular complexity index is 2710. The predicted octanol–water partition coefficient (Wildman–Crippen LogP) is 13.4. The monoisotopic (exact) mass is 673 g/mol. The summed E-state index contributed by atoms with van der Waals surface area (Å²) in [6.07, 6.45) is 1.94. The molecule has 0 fully saturated rings. The summed E-state index contributed by atoms with van der Waals surface area (Å²) in [4.78, 5) is 2.27. The largest absolute Gasteiger partial charge is 0.453 e. The van der Waals surface area contributed by atoms with E-state index in [2.05, 4.69) is 137 Å². The molecule has 2 aliphatic carbocycles. The van der Waals surface area contributed by atoms with Crippen LogP contribution in [0.5, 0.6) is 34.5 Å². The van der Waals surface area contributed by atoms with Crippen molar-refractivity contribution < 1.29 is 14.2 Å². The van der Waals surface area contributed by atoms with Crippen molar-refractivity contribution in [1.82, 2.24) is 0 Å². The fourth-order valence-corrected chi connectivity index (χ4v) is 9.36. The summed E-state index contributed by atoms with van der Waals surface area (Å²) in [6, 6.07) is 38.6. The number of fused-ring (bicyclic) bond motifs is 4. The molecule has 250 valence electrons. The summed E-state index contributed by atoms with van der Waals surface area (Å²) >= 11 is 0. The van der Waals surface area contributed by atoms with Gasteiger partial charge in [-0.3, -0.25) is 4.90 Å². The second-order valence-corrected chi connectivity index (χ2v) is 15.4. The lowest BCUT2D eigenvalue weighted by atomic mass is 9.82. The normalized spacial score (nSPS) is 17.5. The van der Waals surface area contributed by atoms with Gasteiger partial charge < -0.3 is 14.2 Å². The number of nitrogens with zero attached hydrogens (tertiary/aromatic N) is 1. The van der Waals surface area contributed by atoms with Crippen molar-refractivity contribution in [2.24, 2.45) is 0 Å². The van der Waals surface area contributed by atoms with E-state index in [4.69, 9.17) is 14.2 Å². The van der Waals surface area contributed by atoms with E-state index in [1.807, 2.05) is 24.3 Å². The number of hydrogen-bond acceptors (Lipinski definition) is 4. The first kappa shape index (κ1) is 29.5. The maximum atomic E-state index is 7.00. The summed E-state index contributed by atoms with van der Waals surface area (Å²) in [7, 11) is 0. The van der Waals surface area contributed by atoms with Gasteiger partial charge in [-0.05, 0) is 103 Å². The van der Waals surface area contributed by atoms with E-state index in [0.717, 1.165) is 79.2 Å². The first-order valence-corrected chi connectivity index (χ1v) is 17.9. The molecule has 0 atom stereocenters. The summed E-state index contributed by atoms with van der Waals surface area (Å²) in [5, 5.41) is 0. The maximum Gasteiger partial charge on any atom is 0.156 e. The molecule has 52 heavy (non-hydrogen) atoms. The SMILES string of the molecule is C=C/C(=C1\C(=C)C(C)(C)c2ccccc21)c1cc2c3c(c1)Oc1cc(-c4cccc5c4-c4ccccc4C5(C)C)cc4c1N3c1c(cccc1O4)O2. The van der Waals surface area contributed by atoms with Crippen LogP contribution in [0.3, 0.4) is 0 Å². The fourth-order valence-electron chi connectivity index (χ4n) is 9.36. The molecule has 3 heterocycles. The van der Waals surface area contributed by atoms with Crippen LogP contribution < -0.4 is 19.1 Å². The van der Waals surface area contributed by atoms with Gasteiger partial charge in [0.1, 0.15) is 17.1 Å². The van der Waals surface area contributed by atoms with E-state index in [0.29, 0.717) is 5.75 Å². The molecule has 5 aliphatic rings. The number of allylic oxidation sites excluding steroid dienone is 4. The molecule has 0 unspecified atom stereocenters. The van der Waals surface area contributed by atoms with Crippen LogP contribution in [0.4, 0.5) is 17.1 Å². The second kappa shape index (κ2) is 9.74. The number of anilines is 3. The third-order valence-electron chi connectivity index (χ3n) is 12.0. The first-order valence-electron chi connectivity index (χ1n) is 17.9. The second-order valence-electron chi connectivity index (χ2n) is 15.4. The first-order chi connectivity index (χ1) is 25.2. The van der Waals surface area contributed by atoms with Crippen LogP contribution in [0.25, 0.3) is 33.4 Å². The quantitative estimate of drug-likeness (QED) is 0.187. The van der Waals surface area contributed by atoms with Crippen LogP contribution in [0.15, 0.2) is 134 Å². The minimum absolute atomic E-state index is 0.107. The fraction of sp³-hybridized carbons (Fsp3) is 0.125. The smallest absolute Gasteiger partial charge is 0.156 e. The molecule has 4 nitrogen and oxygen atoms in total. The Labute approximate surface area is 303 Å². The third kappa shape index (κ3) is 3.56. The molecule has 0 saturated carbocycles. The Morgan fingerprint density at radius 1 is 0.558 bits per heavy atom. The Balaban J connectivity index is 1.14. The highest BCUT2D eigenvalue weighted by atomic mass is 16.5. The average Bonchev–Trinajstić information content (AvgIpc) is 3.50. The van der Waals surface area contributed by atoms with E-state index in [-0.39, 0.29) is 10.8 Å². The highest BCUT2D eigenvalue weighted by Gasteiger charge is 2.44. The predicted molar refractivity (Wildman–Crippen MR) is 210 cm³/mol. The van der Waals surface area contributed by atoms with Gasteiger partial charge in [0.15, 0.2) is 34.5 Å². The van der Waals surface area contributed by atoms with Crippen LogP contribution >= 0.6 is 0 Å². The van der Waals surface area contributed by atoms with Crippen LogP contribution in [0.2, 0.25) is 0 Å². The average molecular weight is 674 g/mol. The van der Waals surface area contributed by atoms with Gasteiger partial charge in [-0.25, -0.2) is 0 Å². The van der Waals surface area contributed by atoms with Crippen molar-refractivity contribution in [3.05, 3.63) is 162 Å². The van der Waals surface area contributed by atoms with Gasteiger partial charge in [-0.15, -0.1) is 0 Å². The molecule has 0 bridgehead atoms. The van der Waals surface area contributed by atoms with Gasteiger partial charge in [0.05, 0.1) is 0 Å². The van der Waals surface area contributed by atoms with Crippen LogP contribution in [-0.2, 0) is 10.8 Å². The van der Waals surface area contributed by atoms with Crippen molar-refractivity contribution >= 4 is 28.2 Å². The van der Waals surface area contributed by atoms with Crippen molar-refractivity contribution in [2.75, 3.05) is 4.90 Å². The Hall–Kier alpha value is -6.26. The van der Waals surface area contributed by atoms with Gasteiger partial charge in [0.2, 0.25) is 0 Å². The van der Waals surface area contributed by atoms with Crippen LogP contribution in [0.1, 0.15) is 55.5 Å². The van der Waals surface area contributed by atoms with E-state index in [1.54, 1.807) is 0 Å². The lowest BCUT2D eigenvalue weighted by Gasteiger charge is -2.42. The third-order valence-corrected chi connectivity index (χ3v) is 12.0. The zero-order chi connectivity index (χ0) is 35.3. The standard InChI is InChI=1S/C48H35NO3/c1-7-29(42-26(2)47(3,4)33-17-10-8-14-31(33)42)27-22-38-45-40(23-27)52-41-25-28(24-39-46(41)49(45)44-36(50-38)20-13-21-37(44)51-39)30-16-12-19-35-43(30)32-15-9-11-18-34(32)48(35,5)6/h7-25H,1-2H2,3-6H3/b42-29-. The number of hydrogen-bond donors (Lipinski definition) is 0. The minimum atomic E-state index is -0.210. The molecule has 6 aromatic rings. The van der Waals surface area contributed by atoms with E-state index in [9.17, 15) is 0 Å². The molecule has 0 radical (unpaired) electrons. The number of para-hydroxylation sites is 1. The van der Waals surface area contributed by atoms with Gasteiger partial charge in [0.25, 0.3) is 0 Å². The zero-order valence-electron chi connectivity index (χ0n) is 29.6. The summed E-state index contributed by atoms with van der Waals surface area (Å²) in [5.74, 6) is 4.40. The van der Waals surface area contributed by atoms with E-state index >= 15 is 0 Å². The van der Waals surface area contributed by atoms with Gasteiger partial charge in [-0.2, -0.15) is 0 Å². The van der Waals surface area contributed by atoms with Crippen molar-refractivity contribution in [3.8, 4) is 56.8 Å². The lowest BCUT2D eigenvalue weighted by Crippen LogP contribution is -2.24. The molecule has 11 rings (SSSR count). The van der Waals surface area contributed by atoms with Gasteiger partial charge in [0, 0.05) is 10.8 Å². The summed E-state index contributed by atoms with van der Waals surface area (Å²) in [6.45, 7) is 18.1. The Kier molecular flexibility index (Phi) is 5.52. The highest BCUT2D eigenvalue weighted by molar-refractivity contribution is 6.08.